The molecular weight excluding hydrogens is 356 g/mol. The summed E-state index contributed by atoms with van der Waals surface area (Å²) in [6.07, 6.45) is -0.118. The van der Waals surface area contributed by atoms with E-state index < -0.39 is 15.4 Å². The molecule has 0 atom stereocenters. The number of sulfone groups is 1. The maximum absolute atomic E-state index is 12.3. The highest BCUT2D eigenvalue weighted by Gasteiger charge is 2.21. The van der Waals surface area contributed by atoms with Gasteiger partial charge in [-0.25, -0.2) is 8.42 Å². The third kappa shape index (κ3) is 5.85. The normalized spacial score (nSPS) is 13.8. The van der Waals surface area contributed by atoms with Gasteiger partial charge in [0, 0.05) is 24.6 Å². The van der Waals surface area contributed by atoms with E-state index in [1.807, 2.05) is 0 Å². The first-order valence-electron chi connectivity index (χ1n) is 7.35. The van der Waals surface area contributed by atoms with Gasteiger partial charge in [0.05, 0.1) is 10.6 Å². The summed E-state index contributed by atoms with van der Waals surface area (Å²) in [5, 5.41) is 2.62. The Morgan fingerprint density at radius 2 is 1.88 bits per heavy atom. The van der Waals surface area contributed by atoms with Crippen LogP contribution in [0.1, 0.15) is 20.3 Å². The highest BCUT2D eigenvalue weighted by Crippen LogP contribution is 2.32. The topological polar surface area (TPSA) is 108 Å². The maximum atomic E-state index is 12.3. The summed E-state index contributed by atoms with van der Waals surface area (Å²) in [4.78, 5) is 11.8. The van der Waals surface area contributed by atoms with Gasteiger partial charge in [0.25, 0.3) is 0 Å². The lowest BCUT2D eigenvalue weighted by Crippen LogP contribution is -2.45. The highest BCUT2D eigenvalue weighted by atomic mass is 35.5. The lowest BCUT2D eigenvalue weighted by Gasteiger charge is -2.19. The average molecular weight is 379 g/mol. The van der Waals surface area contributed by atoms with Crippen molar-refractivity contribution in [2.75, 3.05) is 25.5 Å². The van der Waals surface area contributed by atoms with Crippen molar-refractivity contribution in [2.45, 2.75) is 30.7 Å². The number of hydrogen-bond acceptors (Lipinski definition) is 6. The molecule has 0 saturated heterocycles. The number of amides is 1. The number of ether oxygens (including phenoxy) is 2. The Hall–Kier alpha value is -1.51. The second kappa shape index (κ2) is 8.04. The lowest BCUT2D eigenvalue weighted by molar-refractivity contribution is -0.120. The van der Waals surface area contributed by atoms with Crippen molar-refractivity contribution in [2.24, 2.45) is 5.73 Å². The molecule has 0 unspecified atom stereocenters. The van der Waals surface area contributed by atoms with Crippen molar-refractivity contribution in [1.29, 1.82) is 0 Å². The molecule has 0 saturated carbocycles. The van der Waals surface area contributed by atoms with Gasteiger partial charge in [0.1, 0.15) is 13.2 Å². The molecule has 1 aliphatic heterocycles. The van der Waals surface area contributed by atoms with Crippen LogP contribution in [0.4, 0.5) is 0 Å². The van der Waals surface area contributed by atoms with Gasteiger partial charge in [-0.3, -0.25) is 4.79 Å². The van der Waals surface area contributed by atoms with Gasteiger partial charge in [-0.2, -0.15) is 0 Å². The molecule has 7 nitrogen and oxygen atoms in total. The van der Waals surface area contributed by atoms with E-state index in [4.69, 9.17) is 15.2 Å². The van der Waals surface area contributed by atoms with E-state index in [1.54, 1.807) is 19.9 Å². The third-order valence-corrected chi connectivity index (χ3v) is 4.93. The number of fused-ring (bicyclic) bond motifs is 1. The van der Waals surface area contributed by atoms with Crippen LogP contribution in [0.25, 0.3) is 0 Å². The molecule has 24 heavy (non-hydrogen) atoms. The molecule has 1 aromatic carbocycles. The number of rotatable bonds is 6. The minimum absolute atomic E-state index is 0. The standard InChI is InChI=1S/C15H22N2O5S.ClH/c1-15(2,16)10-17-14(18)5-8-23(19,20)11-3-4-12-13(9-11)22-7-6-21-12;/h3-4,9H,5-8,10,16H2,1-2H3,(H,17,18);1H. The Labute approximate surface area is 148 Å². The van der Waals surface area contributed by atoms with Crippen LogP contribution in [0, 0.1) is 0 Å². The van der Waals surface area contributed by atoms with Crippen molar-refractivity contribution in [3.8, 4) is 11.5 Å². The molecule has 0 radical (unpaired) electrons. The third-order valence-electron chi connectivity index (χ3n) is 3.21. The predicted molar refractivity (Wildman–Crippen MR) is 92.6 cm³/mol. The molecule has 1 aromatic rings. The zero-order valence-corrected chi connectivity index (χ0v) is 15.3. The van der Waals surface area contributed by atoms with Gasteiger partial charge in [-0.05, 0) is 26.0 Å². The Kier molecular flexibility index (Phi) is 6.88. The summed E-state index contributed by atoms with van der Waals surface area (Å²) < 4.78 is 35.4. The fraction of sp³-hybridized carbons (Fsp3) is 0.533. The maximum Gasteiger partial charge on any atom is 0.221 e. The summed E-state index contributed by atoms with van der Waals surface area (Å²) in [6.45, 7) is 4.67. The summed E-state index contributed by atoms with van der Waals surface area (Å²) in [5.74, 6) is 0.318. The number of carbonyl (C=O) groups excluding carboxylic acids is 1. The molecule has 0 fully saturated rings. The van der Waals surface area contributed by atoms with Gasteiger partial charge >= 0.3 is 0 Å². The predicted octanol–water partition coefficient (Wildman–Crippen LogP) is 0.897. The number of nitrogens with two attached hydrogens (primary N) is 1. The zero-order chi connectivity index (χ0) is 17.1. The van der Waals surface area contributed by atoms with Crippen LogP contribution in [0.3, 0.4) is 0 Å². The molecule has 2 rings (SSSR count). The van der Waals surface area contributed by atoms with Crippen molar-refractivity contribution < 1.29 is 22.7 Å². The van der Waals surface area contributed by atoms with E-state index >= 15 is 0 Å². The van der Waals surface area contributed by atoms with Crippen LogP contribution < -0.4 is 20.5 Å². The van der Waals surface area contributed by atoms with Crippen molar-refractivity contribution in [3.63, 3.8) is 0 Å². The van der Waals surface area contributed by atoms with Crippen LogP contribution in [0.2, 0.25) is 0 Å². The van der Waals surface area contributed by atoms with Crippen molar-refractivity contribution in [1.82, 2.24) is 5.32 Å². The Bertz CT molecular complexity index is 686. The number of halogens is 1. The van der Waals surface area contributed by atoms with Crippen LogP contribution >= 0.6 is 12.4 Å². The summed E-state index contributed by atoms with van der Waals surface area (Å²) in [5.41, 5.74) is 5.23. The van der Waals surface area contributed by atoms with E-state index in [9.17, 15) is 13.2 Å². The average Bonchev–Trinajstić information content (AvgIpc) is 2.50. The number of benzene rings is 1. The smallest absolute Gasteiger partial charge is 0.221 e. The second-order valence-electron chi connectivity index (χ2n) is 6.14. The minimum Gasteiger partial charge on any atom is -0.486 e. The molecular formula is C15H23ClN2O5S. The van der Waals surface area contributed by atoms with Crippen LogP contribution in [-0.4, -0.2) is 45.4 Å². The fourth-order valence-corrected chi connectivity index (χ4v) is 3.23. The number of carbonyl (C=O) groups is 1. The van der Waals surface area contributed by atoms with Gasteiger partial charge in [-0.15, -0.1) is 12.4 Å². The molecule has 9 heteroatoms. The van der Waals surface area contributed by atoms with E-state index in [0.717, 1.165) is 0 Å². The Morgan fingerprint density at radius 1 is 1.25 bits per heavy atom. The number of hydrogen-bond donors (Lipinski definition) is 2. The monoisotopic (exact) mass is 378 g/mol. The van der Waals surface area contributed by atoms with E-state index in [-0.39, 0.29) is 41.9 Å². The molecule has 3 N–H and O–H groups in total. The molecule has 136 valence electrons. The van der Waals surface area contributed by atoms with Gasteiger partial charge < -0.3 is 20.5 Å². The van der Waals surface area contributed by atoms with Crippen LogP contribution in [0.15, 0.2) is 23.1 Å². The Morgan fingerprint density at radius 3 is 2.50 bits per heavy atom. The molecule has 1 amide bonds. The summed E-state index contributed by atoms with van der Waals surface area (Å²) >= 11 is 0. The van der Waals surface area contributed by atoms with Crippen LogP contribution in [-0.2, 0) is 14.6 Å². The van der Waals surface area contributed by atoms with Crippen LogP contribution in [0.5, 0.6) is 11.5 Å². The Balaban J connectivity index is 0.00000288. The molecule has 0 aliphatic carbocycles. The first kappa shape index (κ1) is 20.5. The number of nitrogens with one attached hydrogen (secondary N) is 1. The second-order valence-corrected chi connectivity index (χ2v) is 8.25. The molecule has 0 spiro atoms. The zero-order valence-electron chi connectivity index (χ0n) is 13.7. The van der Waals surface area contributed by atoms with E-state index in [1.165, 1.54) is 12.1 Å². The summed E-state index contributed by atoms with van der Waals surface area (Å²) in [6, 6.07) is 4.47. The molecule has 1 heterocycles. The van der Waals surface area contributed by atoms with Crippen molar-refractivity contribution in [3.05, 3.63) is 18.2 Å². The SMILES string of the molecule is CC(C)(N)CNC(=O)CCS(=O)(=O)c1ccc2c(c1)OCCO2.Cl. The summed E-state index contributed by atoms with van der Waals surface area (Å²) in [7, 11) is -3.57. The fourth-order valence-electron chi connectivity index (χ4n) is 1.98. The first-order chi connectivity index (χ1) is 10.7. The molecule has 0 aromatic heterocycles. The van der Waals surface area contributed by atoms with E-state index in [2.05, 4.69) is 5.32 Å². The highest BCUT2D eigenvalue weighted by molar-refractivity contribution is 7.91. The largest absolute Gasteiger partial charge is 0.486 e. The van der Waals surface area contributed by atoms with Crippen molar-refractivity contribution >= 4 is 28.2 Å². The van der Waals surface area contributed by atoms with E-state index in [0.29, 0.717) is 24.7 Å². The molecule has 0 bridgehead atoms. The lowest BCUT2D eigenvalue weighted by atomic mass is 10.1. The minimum atomic E-state index is -3.57. The first-order valence-corrected chi connectivity index (χ1v) is 9.01. The quantitative estimate of drug-likeness (QED) is 0.761. The van der Waals surface area contributed by atoms with Gasteiger partial charge in [-0.1, -0.05) is 0 Å². The molecule has 1 aliphatic rings. The van der Waals surface area contributed by atoms with Gasteiger partial charge in [0.15, 0.2) is 21.3 Å². The van der Waals surface area contributed by atoms with Gasteiger partial charge in [0.2, 0.25) is 5.91 Å².